The zero-order chi connectivity index (χ0) is 18.5. The standard InChI is InChI=1S/C21H24N2O3/c1-3-26-21(25)15(2)22-20(24)18-10-8-16(9-11-18)14-23-13-12-17-6-4-5-7-19(17)23/h4-11,15H,3,12-14H2,1-2H3,(H,22,24). The lowest BCUT2D eigenvalue weighted by Crippen LogP contribution is -2.39. The minimum Gasteiger partial charge on any atom is -0.464 e. The molecule has 0 radical (unpaired) electrons. The molecule has 5 nitrogen and oxygen atoms in total. The lowest BCUT2D eigenvalue weighted by atomic mass is 10.1. The van der Waals surface area contributed by atoms with Gasteiger partial charge in [-0.1, -0.05) is 30.3 Å². The van der Waals surface area contributed by atoms with Gasteiger partial charge < -0.3 is 15.0 Å². The molecule has 1 amide bonds. The van der Waals surface area contributed by atoms with Crippen molar-refractivity contribution in [3.8, 4) is 0 Å². The quantitative estimate of drug-likeness (QED) is 0.812. The summed E-state index contributed by atoms with van der Waals surface area (Å²) in [6.07, 6.45) is 1.07. The summed E-state index contributed by atoms with van der Waals surface area (Å²) in [7, 11) is 0. The minimum absolute atomic E-state index is 0.274. The molecule has 1 atom stereocenters. The summed E-state index contributed by atoms with van der Waals surface area (Å²) in [5.41, 5.74) is 4.36. The Morgan fingerprint density at radius 1 is 1.15 bits per heavy atom. The number of esters is 1. The highest BCUT2D eigenvalue weighted by atomic mass is 16.5. The van der Waals surface area contributed by atoms with E-state index in [1.807, 2.05) is 12.1 Å². The van der Waals surface area contributed by atoms with Crippen molar-refractivity contribution in [2.45, 2.75) is 32.9 Å². The van der Waals surface area contributed by atoms with Crippen LogP contribution in [0.5, 0.6) is 0 Å². The molecule has 5 heteroatoms. The van der Waals surface area contributed by atoms with Gasteiger partial charge in [0.25, 0.3) is 5.91 Å². The number of nitrogens with one attached hydrogen (secondary N) is 1. The van der Waals surface area contributed by atoms with E-state index in [4.69, 9.17) is 4.74 Å². The molecule has 26 heavy (non-hydrogen) atoms. The number of hydrogen-bond acceptors (Lipinski definition) is 4. The van der Waals surface area contributed by atoms with Crippen molar-refractivity contribution in [3.63, 3.8) is 0 Å². The monoisotopic (exact) mass is 352 g/mol. The summed E-state index contributed by atoms with van der Waals surface area (Å²) in [5, 5.41) is 2.66. The highest BCUT2D eigenvalue weighted by Crippen LogP contribution is 2.28. The maximum atomic E-state index is 12.3. The summed E-state index contributed by atoms with van der Waals surface area (Å²) in [4.78, 5) is 26.2. The second-order valence-corrected chi connectivity index (χ2v) is 6.44. The molecule has 0 spiro atoms. The van der Waals surface area contributed by atoms with Crippen molar-refractivity contribution < 1.29 is 14.3 Å². The third-order valence-electron chi connectivity index (χ3n) is 4.56. The molecule has 1 heterocycles. The molecule has 1 unspecified atom stereocenters. The second kappa shape index (κ2) is 8.04. The molecule has 0 saturated heterocycles. The smallest absolute Gasteiger partial charge is 0.328 e. The third-order valence-corrected chi connectivity index (χ3v) is 4.56. The summed E-state index contributed by atoms with van der Waals surface area (Å²) >= 11 is 0. The summed E-state index contributed by atoms with van der Waals surface area (Å²) < 4.78 is 4.90. The van der Waals surface area contributed by atoms with E-state index in [-0.39, 0.29) is 5.91 Å². The highest BCUT2D eigenvalue weighted by Gasteiger charge is 2.19. The van der Waals surface area contributed by atoms with Gasteiger partial charge in [-0.05, 0) is 49.6 Å². The molecule has 0 saturated carbocycles. The van der Waals surface area contributed by atoms with Crippen LogP contribution in [-0.4, -0.2) is 31.1 Å². The molecule has 1 aliphatic rings. The number of rotatable bonds is 6. The lowest BCUT2D eigenvalue weighted by Gasteiger charge is -2.19. The summed E-state index contributed by atoms with van der Waals surface area (Å²) in [5.74, 6) is -0.700. The number of hydrogen-bond donors (Lipinski definition) is 1. The van der Waals surface area contributed by atoms with Crippen LogP contribution in [0.2, 0.25) is 0 Å². The lowest BCUT2D eigenvalue weighted by molar-refractivity contribution is -0.144. The van der Waals surface area contributed by atoms with Crippen LogP contribution in [0.25, 0.3) is 0 Å². The topological polar surface area (TPSA) is 58.6 Å². The normalized spacial score (nSPS) is 13.8. The van der Waals surface area contributed by atoms with Crippen molar-refractivity contribution in [1.82, 2.24) is 5.32 Å². The molecular formula is C21H24N2O3. The largest absolute Gasteiger partial charge is 0.464 e. The Morgan fingerprint density at radius 2 is 1.88 bits per heavy atom. The molecule has 136 valence electrons. The van der Waals surface area contributed by atoms with E-state index < -0.39 is 12.0 Å². The predicted molar refractivity (Wildman–Crippen MR) is 101 cm³/mol. The fourth-order valence-corrected chi connectivity index (χ4v) is 3.16. The van der Waals surface area contributed by atoms with Crippen LogP contribution in [0.15, 0.2) is 48.5 Å². The fraction of sp³-hybridized carbons (Fsp3) is 0.333. The highest BCUT2D eigenvalue weighted by molar-refractivity contribution is 5.96. The van der Waals surface area contributed by atoms with E-state index in [2.05, 4.69) is 34.5 Å². The third kappa shape index (κ3) is 4.04. The Hall–Kier alpha value is -2.82. The maximum absolute atomic E-state index is 12.3. The van der Waals surface area contributed by atoms with Crippen molar-refractivity contribution in [2.75, 3.05) is 18.1 Å². The Labute approximate surface area is 154 Å². The van der Waals surface area contributed by atoms with Gasteiger partial charge in [-0.2, -0.15) is 0 Å². The molecule has 2 aromatic carbocycles. The zero-order valence-corrected chi connectivity index (χ0v) is 15.2. The number of nitrogens with zero attached hydrogens (tertiary/aromatic N) is 1. The van der Waals surface area contributed by atoms with E-state index in [1.165, 1.54) is 11.3 Å². The van der Waals surface area contributed by atoms with Gasteiger partial charge in [0.15, 0.2) is 0 Å². The van der Waals surface area contributed by atoms with Crippen LogP contribution >= 0.6 is 0 Å². The zero-order valence-electron chi connectivity index (χ0n) is 15.2. The van der Waals surface area contributed by atoms with E-state index in [1.54, 1.807) is 26.0 Å². The van der Waals surface area contributed by atoms with Crippen LogP contribution in [-0.2, 0) is 22.5 Å². The second-order valence-electron chi connectivity index (χ2n) is 6.44. The van der Waals surface area contributed by atoms with Gasteiger partial charge in [0.2, 0.25) is 0 Å². The average Bonchev–Trinajstić information content (AvgIpc) is 3.05. The van der Waals surface area contributed by atoms with Crippen molar-refractivity contribution >= 4 is 17.6 Å². The van der Waals surface area contributed by atoms with E-state index >= 15 is 0 Å². The first-order valence-electron chi connectivity index (χ1n) is 8.97. The van der Waals surface area contributed by atoms with Gasteiger partial charge in [-0.3, -0.25) is 4.79 Å². The molecule has 0 aliphatic carbocycles. The van der Waals surface area contributed by atoms with E-state index in [0.29, 0.717) is 12.2 Å². The molecular weight excluding hydrogens is 328 g/mol. The fourth-order valence-electron chi connectivity index (χ4n) is 3.16. The Balaban J connectivity index is 1.60. The number of fused-ring (bicyclic) bond motifs is 1. The van der Waals surface area contributed by atoms with Gasteiger partial charge in [-0.15, -0.1) is 0 Å². The molecule has 0 aromatic heterocycles. The van der Waals surface area contributed by atoms with Gasteiger partial charge >= 0.3 is 5.97 Å². The number of para-hydroxylation sites is 1. The number of ether oxygens (including phenoxy) is 1. The predicted octanol–water partition coefficient (Wildman–Crippen LogP) is 2.93. The van der Waals surface area contributed by atoms with Gasteiger partial charge in [0.05, 0.1) is 6.61 Å². The summed E-state index contributed by atoms with van der Waals surface area (Å²) in [6, 6.07) is 15.3. The Morgan fingerprint density at radius 3 is 2.62 bits per heavy atom. The van der Waals surface area contributed by atoms with Crippen LogP contribution in [0.1, 0.15) is 35.3 Å². The number of carbonyl (C=O) groups is 2. The summed E-state index contributed by atoms with van der Waals surface area (Å²) in [6.45, 7) is 5.49. The van der Waals surface area contributed by atoms with Gasteiger partial charge in [0, 0.05) is 24.3 Å². The first-order chi connectivity index (χ1) is 12.6. The molecule has 0 bridgehead atoms. The molecule has 2 aromatic rings. The average molecular weight is 352 g/mol. The first-order valence-corrected chi connectivity index (χ1v) is 8.97. The van der Waals surface area contributed by atoms with Crippen molar-refractivity contribution in [2.24, 2.45) is 0 Å². The minimum atomic E-state index is -0.664. The molecule has 1 aliphatic heterocycles. The van der Waals surface area contributed by atoms with E-state index in [0.717, 1.165) is 25.1 Å². The van der Waals surface area contributed by atoms with Crippen molar-refractivity contribution in [1.29, 1.82) is 0 Å². The van der Waals surface area contributed by atoms with Gasteiger partial charge in [0.1, 0.15) is 6.04 Å². The number of carbonyl (C=O) groups excluding carboxylic acids is 2. The maximum Gasteiger partial charge on any atom is 0.328 e. The van der Waals surface area contributed by atoms with Crippen LogP contribution in [0.3, 0.4) is 0 Å². The molecule has 0 fully saturated rings. The molecule has 3 rings (SSSR count). The van der Waals surface area contributed by atoms with E-state index in [9.17, 15) is 9.59 Å². The number of amides is 1. The van der Waals surface area contributed by atoms with Crippen LogP contribution < -0.4 is 10.2 Å². The van der Waals surface area contributed by atoms with Crippen LogP contribution in [0.4, 0.5) is 5.69 Å². The van der Waals surface area contributed by atoms with Crippen molar-refractivity contribution in [3.05, 3.63) is 65.2 Å². The van der Waals surface area contributed by atoms with Gasteiger partial charge in [-0.25, -0.2) is 4.79 Å². The number of benzene rings is 2. The SMILES string of the molecule is CCOC(=O)C(C)NC(=O)c1ccc(CN2CCc3ccccc32)cc1. The molecule has 1 N–H and O–H groups in total. The Bertz CT molecular complexity index is 786. The Kier molecular flexibility index (Phi) is 5.56. The van der Waals surface area contributed by atoms with Crippen LogP contribution in [0, 0.1) is 0 Å². The first kappa shape index (κ1) is 18.0. The number of anilines is 1.